The number of ether oxygens (including phenoxy) is 2. The van der Waals surface area contributed by atoms with E-state index >= 15 is 0 Å². The first kappa shape index (κ1) is 15.2. The topological polar surface area (TPSA) is 18.5 Å². The summed E-state index contributed by atoms with van der Waals surface area (Å²) >= 11 is 0. The van der Waals surface area contributed by atoms with Gasteiger partial charge in [-0.3, -0.25) is 0 Å². The van der Waals surface area contributed by atoms with Crippen LogP contribution in [0.2, 0.25) is 0 Å². The molecule has 0 aromatic heterocycles. The molecule has 0 aliphatic rings. The average molecular weight is 296 g/mol. The molecule has 2 aromatic carbocycles. The van der Waals surface area contributed by atoms with E-state index in [4.69, 9.17) is 4.74 Å². The Morgan fingerprint density at radius 3 is 2.24 bits per heavy atom. The van der Waals surface area contributed by atoms with Crippen LogP contribution in [0.4, 0.5) is 13.2 Å². The van der Waals surface area contributed by atoms with Crippen molar-refractivity contribution in [1.29, 1.82) is 0 Å². The summed E-state index contributed by atoms with van der Waals surface area (Å²) in [5.41, 5.74) is 1.89. The molecule has 2 rings (SSSR count). The molecule has 0 heterocycles. The molecule has 2 aromatic rings. The van der Waals surface area contributed by atoms with Crippen LogP contribution in [-0.4, -0.2) is 13.0 Å². The molecule has 0 unspecified atom stereocenters. The van der Waals surface area contributed by atoms with Gasteiger partial charge in [-0.25, -0.2) is 0 Å². The van der Waals surface area contributed by atoms with E-state index < -0.39 is 6.36 Å². The SMILES string of the molecule is CCOc1ccc(-c2cc(C)ccc2OC(F)(F)F)cc1. The van der Waals surface area contributed by atoms with Crippen molar-refractivity contribution >= 4 is 0 Å². The summed E-state index contributed by atoms with van der Waals surface area (Å²) in [6.07, 6.45) is -4.71. The predicted molar refractivity (Wildman–Crippen MR) is 74.5 cm³/mol. The highest BCUT2D eigenvalue weighted by molar-refractivity contribution is 5.71. The third-order valence-electron chi connectivity index (χ3n) is 2.84. The molecule has 0 fully saturated rings. The maximum Gasteiger partial charge on any atom is 0.573 e. The number of hydrogen-bond donors (Lipinski definition) is 0. The van der Waals surface area contributed by atoms with E-state index in [-0.39, 0.29) is 5.75 Å². The molecule has 0 radical (unpaired) electrons. The Hall–Kier alpha value is -2.17. The molecule has 2 nitrogen and oxygen atoms in total. The third-order valence-corrected chi connectivity index (χ3v) is 2.84. The van der Waals surface area contributed by atoms with Gasteiger partial charge in [-0.05, 0) is 43.7 Å². The van der Waals surface area contributed by atoms with Crippen LogP contribution in [0.3, 0.4) is 0 Å². The molecular weight excluding hydrogens is 281 g/mol. The lowest BCUT2D eigenvalue weighted by atomic mass is 10.0. The van der Waals surface area contributed by atoms with Crippen LogP contribution < -0.4 is 9.47 Å². The first-order valence-electron chi connectivity index (χ1n) is 6.48. The van der Waals surface area contributed by atoms with E-state index in [1.807, 2.05) is 13.8 Å². The van der Waals surface area contributed by atoms with Crippen molar-refractivity contribution in [2.24, 2.45) is 0 Å². The summed E-state index contributed by atoms with van der Waals surface area (Å²) in [5, 5.41) is 0. The first-order valence-corrected chi connectivity index (χ1v) is 6.48. The minimum atomic E-state index is -4.71. The van der Waals surface area contributed by atoms with Gasteiger partial charge in [-0.1, -0.05) is 23.8 Å². The second-order valence-corrected chi connectivity index (χ2v) is 4.50. The standard InChI is InChI=1S/C16H15F3O2/c1-3-20-13-7-5-12(6-8-13)14-10-11(2)4-9-15(14)21-16(17,18)19/h4-10H,3H2,1-2H3. The summed E-state index contributed by atoms with van der Waals surface area (Å²) in [7, 11) is 0. The summed E-state index contributed by atoms with van der Waals surface area (Å²) in [5.74, 6) is 0.462. The monoisotopic (exact) mass is 296 g/mol. The molecular formula is C16H15F3O2. The molecule has 0 aliphatic carbocycles. The highest BCUT2D eigenvalue weighted by Crippen LogP contribution is 2.35. The van der Waals surface area contributed by atoms with Crippen molar-refractivity contribution in [3.63, 3.8) is 0 Å². The van der Waals surface area contributed by atoms with E-state index in [1.54, 1.807) is 36.4 Å². The van der Waals surface area contributed by atoms with E-state index in [1.165, 1.54) is 6.07 Å². The van der Waals surface area contributed by atoms with E-state index in [0.717, 1.165) is 5.56 Å². The third kappa shape index (κ3) is 4.15. The van der Waals surface area contributed by atoms with Crippen LogP contribution in [0.5, 0.6) is 11.5 Å². The van der Waals surface area contributed by atoms with Crippen LogP contribution in [-0.2, 0) is 0 Å². The molecule has 0 saturated heterocycles. The van der Waals surface area contributed by atoms with Crippen LogP contribution in [0, 0.1) is 6.92 Å². The van der Waals surface area contributed by atoms with E-state index in [0.29, 0.717) is 23.5 Å². The minimum absolute atomic E-state index is 0.211. The van der Waals surface area contributed by atoms with Gasteiger partial charge in [0.1, 0.15) is 11.5 Å². The molecule has 0 bridgehead atoms. The van der Waals surface area contributed by atoms with Gasteiger partial charge in [0.2, 0.25) is 0 Å². The van der Waals surface area contributed by atoms with Crippen molar-refractivity contribution in [3.8, 4) is 22.6 Å². The fraction of sp³-hybridized carbons (Fsp3) is 0.250. The molecule has 0 saturated carbocycles. The molecule has 0 atom stereocenters. The second-order valence-electron chi connectivity index (χ2n) is 4.50. The van der Waals surface area contributed by atoms with Gasteiger partial charge in [0.05, 0.1) is 6.61 Å². The van der Waals surface area contributed by atoms with Crippen molar-refractivity contribution in [2.45, 2.75) is 20.2 Å². The zero-order chi connectivity index (χ0) is 15.5. The van der Waals surface area contributed by atoms with Gasteiger partial charge >= 0.3 is 6.36 Å². The van der Waals surface area contributed by atoms with Crippen LogP contribution in [0.1, 0.15) is 12.5 Å². The Balaban J connectivity index is 2.39. The van der Waals surface area contributed by atoms with Gasteiger partial charge < -0.3 is 9.47 Å². The molecule has 0 aliphatic heterocycles. The average Bonchev–Trinajstić information content (AvgIpc) is 2.41. The first-order chi connectivity index (χ1) is 9.89. The number of aryl methyl sites for hydroxylation is 1. The normalized spacial score (nSPS) is 11.3. The van der Waals surface area contributed by atoms with Crippen molar-refractivity contribution < 1.29 is 22.6 Å². The van der Waals surface area contributed by atoms with Gasteiger partial charge in [-0.15, -0.1) is 13.2 Å². The highest BCUT2D eigenvalue weighted by atomic mass is 19.4. The summed E-state index contributed by atoms with van der Waals surface area (Å²) in [4.78, 5) is 0. The quantitative estimate of drug-likeness (QED) is 0.794. The Kier molecular flexibility index (Phi) is 4.40. The van der Waals surface area contributed by atoms with Crippen LogP contribution in [0.25, 0.3) is 11.1 Å². The molecule has 0 amide bonds. The smallest absolute Gasteiger partial charge is 0.494 e. The molecule has 112 valence electrons. The lowest BCUT2D eigenvalue weighted by Gasteiger charge is -2.14. The zero-order valence-electron chi connectivity index (χ0n) is 11.7. The maximum atomic E-state index is 12.5. The van der Waals surface area contributed by atoms with Crippen LogP contribution in [0.15, 0.2) is 42.5 Å². The van der Waals surface area contributed by atoms with Gasteiger partial charge in [0.25, 0.3) is 0 Å². The predicted octanol–water partition coefficient (Wildman–Crippen LogP) is 4.96. The number of alkyl halides is 3. The summed E-state index contributed by atoms with van der Waals surface area (Å²) < 4.78 is 46.8. The maximum absolute atomic E-state index is 12.5. The van der Waals surface area contributed by atoms with Crippen molar-refractivity contribution in [3.05, 3.63) is 48.0 Å². The lowest BCUT2D eigenvalue weighted by molar-refractivity contribution is -0.274. The molecule has 0 N–H and O–H groups in total. The summed E-state index contributed by atoms with van der Waals surface area (Å²) in [6.45, 7) is 4.21. The second kappa shape index (κ2) is 6.08. The largest absolute Gasteiger partial charge is 0.573 e. The Bertz CT molecular complexity index is 604. The van der Waals surface area contributed by atoms with Gasteiger partial charge in [0, 0.05) is 5.56 Å². The Morgan fingerprint density at radius 1 is 1.00 bits per heavy atom. The van der Waals surface area contributed by atoms with Crippen LogP contribution >= 0.6 is 0 Å². The van der Waals surface area contributed by atoms with E-state index in [2.05, 4.69) is 4.74 Å². The number of benzene rings is 2. The molecule has 21 heavy (non-hydrogen) atoms. The fourth-order valence-electron chi connectivity index (χ4n) is 1.98. The number of halogens is 3. The number of hydrogen-bond acceptors (Lipinski definition) is 2. The molecule has 0 spiro atoms. The van der Waals surface area contributed by atoms with E-state index in [9.17, 15) is 13.2 Å². The van der Waals surface area contributed by atoms with Gasteiger partial charge in [0.15, 0.2) is 0 Å². The number of rotatable bonds is 4. The van der Waals surface area contributed by atoms with Crippen molar-refractivity contribution in [1.82, 2.24) is 0 Å². The summed E-state index contributed by atoms with van der Waals surface area (Å²) in [6, 6.07) is 11.4. The van der Waals surface area contributed by atoms with Gasteiger partial charge in [-0.2, -0.15) is 0 Å². The van der Waals surface area contributed by atoms with Crippen molar-refractivity contribution in [2.75, 3.05) is 6.61 Å². The highest BCUT2D eigenvalue weighted by Gasteiger charge is 2.32. The fourth-order valence-corrected chi connectivity index (χ4v) is 1.98. The lowest BCUT2D eigenvalue weighted by Crippen LogP contribution is -2.17. The molecule has 5 heteroatoms. The Labute approximate surface area is 121 Å². The zero-order valence-corrected chi connectivity index (χ0v) is 11.7. The Morgan fingerprint density at radius 2 is 1.67 bits per heavy atom. The minimum Gasteiger partial charge on any atom is -0.494 e.